The Balaban J connectivity index is 1.88. The van der Waals surface area contributed by atoms with Gasteiger partial charge in [-0.3, -0.25) is 9.59 Å². The molecule has 0 radical (unpaired) electrons. The Labute approximate surface area is 127 Å². The van der Waals surface area contributed by atoms with Gasteiger partial charge in [0.2, 0.25) is 6.79 Å². The minimum absolute atomic E-state index is 0.0578. The summed E-state index contributed by atoms with van der Waals surface area (Å²) < 4.78 is 15.5. The summed E-state index contributed by atoms with van der Waals surface area (Å²) in [5, 5.41) is 0. The summed E-state index contributed by atoms with van der Waals surface area (Å²) in [4.78, 5) is 35.7. The van der Waals surface area contributed by atoms with Crippen molar-refractivity contribution in [2.45, 2.75) is 26.2 Å². The van der Waals surface area contributed by atoms with Gasteiger partial charge in [0, 0.05) is 6.42 Å². The molecule has 1 fully saturated rings. The average Bonchev–Trinajstić information content (AvgIpc) is 3.05. The number of fused-ring (bicyclic) bond motifs is 1. The standard InChI is InChI=1S/C16H16O6/c1-10(17)4-5-16(14(18)8-20-15(16)19)7-11-2-3-12-13(6-11)22-9-21-12/h2-3,6H,4-5,7-9H2,1H3/t16-/m1/s1. The summed E-state index contributed by atoms with van der Waals surface area (Å²) in [6.45, 7) is 1.38. The Morgan fingerprint density at radius 3 is 2.64 bits per heavy atom. The Bertz CT molecular complexity index is 632. The van der Waals surface area contributed by atoms with Crippen molar-refractivity contribution in [3.8, 4) is 11.5 Å². The van der Waals surface area contributed by atoms with Crippen molar-refractivity contribution in [2.24, 2.45) is 5.41 Å². The average molecular weight is 304 g/mol. The van der Waals surface area contributed by atoms with Gasteiger partial charge in [0.15, 0.2) is 23.9 Å². The lowest BCUT2D eigenvalue weighted by Crippen LogP contribution is -2.36. The van der Waals surface area contributed by atoms with E-state index in [1.807, 2.05) is 0 Å². The Kier molecular flexibility index (Phi) is 3.60. The maximum absolute atomic E-state index is 12.2. The number of rotatable bonds is 5. The third-order valence-electron chi connectivity index (χ3n) is 4.11. The fourth-order valence-electron chi connectivity index (χ4n) is 2.81. The van der Waals surface area contributed by atoms with Crippen molar-refractivity contribution >= 4 is 17.5 Å². The van der Waals surface area contributed by atoms with E-state index in [-0.39, 0.29) is 44.2 Å². The van der Waals surface area contributed by atoms with Crippen LogP contribution in [0.5, 0.6) is 11.5 Å². The van der Waals surface area contributed by atoms with E-state index in [0.29, 0.717) is 11.5 Å². The molecule has 1 aromatic carbocycles. The van der Waals surface area contributed by atoms with Gasteiger partial charge in [-0.25, -0.2) is 0 Å². The molecule has 1 atom stereocenters. The highest BCUT2D eigenvalue weighted by Gasteiger charge is 2.51. The third kappa shape index (κ3) is 2.45. The Morgan fingerprint density at radius 2 is 1.95 bits per heavy atom. The van der Waals surface area contributed by atoms with E-state index in [2.05, 4.69) is 0 Å². The second-order valence-corrected chi connectivity index (χ2v) is 5.65. The van der Waals surface area contributed by atoms with E-state index in [9.17, 15) is 14.4 Å². The number of carbonyl (C=O) groups is 3. The number of Topliss-reactive ketones (excluding diaryl/α,β-unsaturated/α-hetero) is 2. The summed E-state index contributed by atoms with van der Waals surface area (Å²) >= 11 is 0. The molecule has 116 valence electrons. The largest absolute Gasteiger partial charge is 0.457 e. The molecule has 6 nitrogen and oxygen atoms in total. The summed E-state index contributed by atoms with van der Waals surface area (Å²) in [6, 6.07) is 5.31. The first-order valence-electron chi connectivity index (χ1n) is 7.10. The van der Waals surface area contributed by atoms with Crippen LogP contribution >= 0.6 is 0 Å². The predicted octanol–water partition coefficient (Wildman–Crippen LogP) is 1.44. The number of hydrogen-bond donors (Lipinski definition) is 0. The van der Waals surface area contributed by atoms with Crippen molar-refractivity contribution < 1.29 is 28.6 Å². The number of ketones is 2. The first-order chi connectivity index (χ1) is 10.5. The van der Waals surface area contributed by atoms with Crippen LogP contribution in [-0.4, -0.2) is 30.9 Å². The number of esters is 1. The number of ether oxygens (including phenoxy) is 3. The van der Waals surface area contributed by atoms with Crippen LogP contribution in [0.3, 0.4) is 0 Å². The molecule has 2 aliphatic heterocycles. The highest BCUT2D eigenvalue weighted by Crippen LogP contribution is 2.39. The molecule has 1 saturated heterocycles. The van der Waals surface area contributed by atoms with Crippen LogP contribution in [0.1, 0.15) is 25.3 Å². The van der Waals surface area contributed by atoms with Gasteiger partial charge in [-0.2, -0.15) is 0 Å². The topological polar surface area (TPSA) is 78.9 Å². The normalized spacial score (nSPS) is 22.8. The highest BCUT2D eigenvalue weighted by molar-refractivity contribution is 6.09. The van der Waals surface area contributed by atoms with Crippen molar-refractivity contribution in [3.63, 3.8) is 0 Å². The molecule has 0 N–H and O–H groups in total. The van der Waals surface area contributed by atoms with Crippen molar-refractivity contribution in [2.75, 3.05) is 13.4 Å². The molecule has 6 heteroatoms. The molecule has 0 aliphatic carbocycles. The number of benzene rings is 1. The van der Waals surface area contributed by atoms with Crippen molar-refractivity contribution in [1.82, 2.24) is 0 Å². The lowest BCUT2D eigenvalue weighted by molar-refractivity contribution is -0.147. The number of cyclic esters (lactones) is 1. The van der Waals surface area contributed by atoms with E-state index >= 15 is 0 Å². The van der Waals surface area contributed by atoms with Gasteiger partial charge >= 0.3 is 5.97 Å². The molecule has 0 bridgehead atoms. The first-order valence-corrected chi connectivity index (χ1v) is 7.10. The second kappa shape index (κ2) is 5.44. The van der Waals surface area contributed by atoms with Gasteiger partial charge in [0.1, 0.15) is 11.2 Å². The Hall–Kier alpha value is -2.37. The van der Waals surface area contributed by atoms with Gasteiger partial charge in [-0.05, 0) is 37.5 Å². The minimum Gasteiger partial charge on any atom is -0.457 e. The van der Waals surface area contributed by atoms with Crippen molar-refractivity contribution in [1.29, 1.82) is 0 Å². The maximum Gasteiger partial charge on any atom is 0.320 e. The second-order valence-electron chi connectivity index (χ2n) is 5.65. The molecule has 3 rings (SSSR count). The van der Waals surface area contributed by atoms with Gasteiger partial charge in [-0.1, -0.05) is 6.07 Å². The van der Waals surface area contributed by atoms with Crippen LogP contribution < -0.4 is 9.47 Å². The summed E-state index contributed by atoms with van der Waals surface area (Å²) in [6.07, 6.45) is 0.550. The zero-order valence-corrected chi connectivity index (χ0v) is 12.2. The molecule has 0 aromatic heterocycles. The number of hydrogen-bond acceptors (Lipinski definition) is 6. The molecule has 22 heavy (non-hydrogen) atoms. The van der Waals surface area contributed by atoms with Crippen LogP contribution in [0.25, 0.3) is 0 Å². The van der Waals surface area contributed by atoms with Crippen molar-refractivity contribution in [3.05, 3.63) is 23.8 Å². The van der Waals surface area contributed by atoms with Crippen LogP contribution in [0.4, 0.5) is 0 Å². The third-order valence-corrected chi connectivity index (χ3v) is 4.11. The van der Waals surface area contributed by atoms with E-state index < -0.39 is 11.4 Å². The molecule has 2 heterocycles. The van der Waals surface area contributed by atoms with E-state index in [0.717, 1.165) is 5.56 Å². The fraction of sp³-hybridized carbons (Fsp3) is 0.438. The Morgan fingerprint density at radius 1 is 1.18 bits per heavy atom. The molecular formula is C16H16O6. The van der Waals surface area contributed by atoms with E-state index in [1.54, 1.807) is 18.2 Å². The smallest absolute Gasteiger partial charge is 0.320 e. The SMILES string of the molecule is CC(=O)CC[C@@]1(Cc2ccc3c(c2)OCO3)C(=O)COC1=O. The quantitative estimate of drug-likeness (QED) is 0.605. The molecular weight excluding hydrogens is 288 g/mol. The van der Waals surface area contributed by atoms with Crippen LogP contribution in [0.15, 0.2) is 18.2 Å². The van der Waals surface area contributed by atoms with Gasteiger partial charge < -0.3 is 19.0 Å². The van der Waals surface area contributed by atoms with E-state index in [4.69, 9.17) is 14.2 Å². The van der Waals surface area contributed by atoms with E-state index in [1.165, 1.54) is 6.92 Å². The maximum atomic E-state index is 12.2. The van der Waals surface area contributed by atoms with Gasteiger partial charge in [0.05, 0.1) is 0 Å². The van der Waals surface area contributed by atoms with Gasteiger partial charge in [-0.15, -0.1) is 0 Å². The van der Waals surface area contributed by atoms with Crippen LogP contribution in [0, 0.1) is 5.41 Å². The fourth-order valence-corrected chi connectivity index (χ4v) is 2.81. The molecule has 0 saturated carbocycles. The monoisotopic (exact) mass is 304 g/mol. The summed E-state index contributed by atoms with van der Waals surface area (Å²) in [7, 11) is 0. The molecule has 0 spiro atoms. The zero-order chi connectivity index (χ0) is 15.7. The number of carbonyl (C=O) groups excluding carboxylic acids is 3. The summed E-state index contributed by atoms with van der Waals surface area (Å²) in [5.41, 5.74) is -0.487. The predicted molar refractivity (Wildman–Crippen MR) is 74.6 cm³/mol. The first kappa shape index (κ1) is 14.6. The molecule has 1 aromatic rings. The van der Waals surface area contributed by atoms with Crippen LogP contribution in [0.2, 0.25) is 0 Å². The lowest BCUT2D eigenvalue weighted by Gasteiger charge is -2.22. The minimum atomic E-state index is -1.26. The molecule has 0 unspecified atom stereocenters. The van der Waals surface area contributed by atoms with Crippen LogP contribution in [-0.2, 0) is 25.5 Å². The van der Waals surface area contributed by atoms with Gasteiger partial charge in [0.25, 0.3) is 0 Å². The molecule has 0 amide bonds. The zero-order valence-electron chi connectivity index (χ0n) is 12.2. The highest BCUT2D eigenvalue weighted by atomic mass is 16.7. The lowest BCUT2D eigenvalue weighted by atomic mass is 9.75. The summed E-state index contributed by atoms with van der Waals surface area (Å²) in [5.74, 6) is 0.366. The molecule has 2 aliphatic rings.